The van der Waals surface area contributed by atoms with E-state index in [4.69, 9.17) is 4.74 Å². The maximum atomic E-state index is 13.8. The number of benzene rings is 1. The molecule has 1 aliphatic carbocycles. The van der Waals surface area contributed by atoms with Gasteiger partial charge in [0.2, 0.25) is 0 Å². The van der Waals surface area contributed by atoms with Gasteiger partial charge in [0, 0.05) is 24.2 Å². The number of ether oxygens (including phenoxy) is 1. The lowest BCUT2D eigenvalue weighted by Crippen LogP contribution is -2.37. The minimum Gasteiger partial charge on any atom is -0.497 e. The molecular formula is C15H22FNO. The molecule has 1 aliphatic rings. The first kappa shape index (κ1) is 13.3. The van der Waals surface area contributed by atoms with Crippen molar-refractivity contribution in [3.8, 4) is 5.75 Å². The summed E-state index contributed by atoms with van der Waals surface area (Å²) < 4.78 is 18.8. The molecule has 0 spiro atoms. The summed E-state index contributed by atoms with van der Waals surface area (Å²) in [6.07, 6.45) is 3.69. The summed E-state index contributed by atoms with van der Waals surface area (Å²) in [7, 11) is 1.55. The zero-order valence-electron chi connectivity index (χ0n) is 11.4. The Morgan fingerprint density at radius 2 is 2.22 bits per heavy atom. The van der Waals surface area contributed by atoms with Crippen LogP contribution in [0.1, 0.15) is 38.7 Å². The predicted molar refractivity (Wildman–Crippen MR) is 71.2 cm³/mol. The molecule has 1 aromatic carbocycles. The van der Waals surface area contributed by atoms with E-state index in [0.717, 1.165) is 0 Å². The van der Waals surface area contributed by atoms with Crippen molar-refractivity contribution in [2.75, 3.05) is 7.11 Å². The molecule has 3 heteroatoms. The highest BCUT2D eigenvalue weighted by atomic mass is 19.1. The van der Waals surface area contributed by atoms with Gasteiger partial charge in [-0.3, -0.25) is 0 Å². The van der Waals surface area contributed by atoms with Gasteiger partial charge in [-0.25, -0.2) is 4.39 Å². The normalized spacial score (nSPS) is 22.1. The Labute approximate surface area is 109 Å². The lowest BCUT2D eigenvalue weighted by molar-refractivity contribution is 0.281. The van der Waals surface area contributed by atoms with Crippen molar-refractivity contribution in [2.24, 2.45) is 5.41 Å². The van der Waals surface area contributed by atoms with Gasteiger partial charge in [0.05, 0.1) is 7.11 Å². The molecule has 0 bridgehead atoms. The van der Waals surface area contributed by atoms with E-state index in [1.807, 2.05) is 0 Å². The van der Waals surface area contributed by atoms with Crippen LogP contribution in [0.25, 0.3) is 0 Å². The molecule has 1 unspecified atom stereocenters. The van der Waals surface area contributed by atoms with Gasteiger partial charge in [0.15, 0.2) is 0 Å². The Bertz CT molecular complexity index is 417. The number of hydrogen-bond acceptors (Lipinski definition) is 2. The zero-order chi connectivity index (χ0) is 13.2. The van der Waals surface area contributed by atoms with E-state index in [-0.39, 0.29) is 5.82 Å². The molecule has 0 heterocycles. The average molecular weight is 251 g/mol. The number of methoxy groups -OCH3 is 1. The van der Waals surface area contributed by atoms with Gasteiger partial charge in [-0.05, 0) is 24.3 Å². The fourth-order valence-corrected chi connectivity index (χ4v) is 2.74. The van der Waals surface area contributed by atoms with Gasteiger partial charge in [-0.2, -0.15) is 0 Å². The van der Waals surface area contributed by atoms with E-state index in [9.17, 15) is 4.39 Å². The maximum Gasteiger partial charge on any atom is 0.131 e. The molecule has 1 N–H and O–H groups in total. The molecule has 0 saturated heterocycles. The van der Waals surface area contributed by atoms with Crippen LogP contribution in [0.4, 0.5) is 4.39 Å². The molecule has 0 aromatic heterocycles. The molecule has 0 radical (unpaired) electrons. The zero-order valence-corrected chi connectivity index (χ0v) is 11.4. The second-order valence-corrected chi connectivity index (χ2v) is 5.77. The maximum absolute atomic E-state index is 13.8. The lowest BCUT2D eigenvalue weighted by atomic mass is 9.87. The monoisotopic (exact) mass is 251 g/mol. The molecular weight excluding hydrogens is 229 g/mol. The third kappa shape index (κ3) is 2.83. The fourth-order valence-electron chi connectivity index (χ4n) is 2.74. The first-order valence-electron chi connectivity index (χ1n) is 6.59. The number of rotatable bonds is 4. The molecule has 100 valence electrons. The summed E-state index contributed by atoms with van der Waals surface area (Å²) in [6, 6.07) is 5.53. The van der Waals surface area contributed by atoms with Crippen molar-refractivity contribution < 1.29 is 9.13 Å². The molecule has 0 aliphatic heterocycles. The standard InChI is InChI=1S/C15H22FNO/c1-15(2)8-4-5-14(15)17-10-11-6-7-12(18-3)9-13(11)16/h6-7,9,14,17H,4-5,8,10H2,1-3H3. The van der Waals surface area contributed by atoms with Crippen LogP contribution in [0.5, 0.6) is 5.75 Å². The van der Waals surface area contributed by atoms with E-state index < -0.39 is 0 Å². The molecule has 0 amide bonds. The van der Waals surface area contributed by atoms with Gasteiger partial charge in [0.25, 0.3) is 0 Å². The van der Waals surface area contributed by atoms with Gasteiger partial charge >= 0.3 is 0 Å². The van der Waals surface area contributed by atoms with Crippen LogP contribution < -0.4 is 10.1 Å². The first-order chi connectivity index (χ1) is 8.53. The quantitative estimate of drug-likeness (QED) is 0.884. The second-order valence-electron chi connectivity index (χ2n) is 5.77. The Morgan fingerprint density at radius 1 is 1.44 bits per heavy atom. The molecule has 18 heavy (non-hydrogen) atoms. The minimum atomic E-state index is -0.197. The number of nitrogens with one attached hydrogen (secondary N) is 1. The van der Waals surface area contributed by atoms with Crippen molar-refractivity contribution in [1.82, 2.24) is 5.32 Å². The number of halogens is 1. The summed E-state index contributed by atoms with van der Waals surface area (Å²) in [5, 5.41) is 3.49. The smallest absolute Gasteiger partial charge is 0.131 e. The van der Waals surface area contributed by atoms with Crippen LogP contribution in [-0.4, -0.2) is 13.2 Å². The average Bonchev–Trinajstić information content (AvgIpc) is 2.67. The summed E-state index contributed by atoms with van der Waals surface area (Å²) >= 11 is 0. The molecule has 1 saturated carbocycles. The highest BCUT2D eigenvalue weighted by Gasteiger charge is 2.33. The Hall–Kier alpha value is -1.09. The van der Waals surface area contributed by atoms with E-state index in [2.05, 4.69) is 19.2 Å². The van der Waals surface area contributed by atoms with Crippen molar-refractivity contribution >= 4 is 0 Å². The highest BCUT2D eigenvalue weighted by molar-refractivity contribution is 5.28. The predicted octanol–water partition coefficient (Wildman–Crippen LogP) is 3.50. The van der Waals surface area contributed by atoms with E-state index in [0.29, 0.717) is 29.3 Å². The van der Waals surface area contributed by atoms with Crippen LogP contribution in [0, 0.1) is 11.2 Å². The van der Waals surface area contributed by atoms with Crippen molar-refractivity contribution in [3.63, 3.8) is 0 Å². The Kier molecular flexibility index (Phi) is 3.91. The third-order valence-electron chi connectivity index (χ3n) is 4.06. The topological polar surface area (TPSA) is 21.3 Å². The van der Waals surface area contributed by atoms with Crippen LogP contribution >= 0.6 is 0 Å². The number of hydrogen-bond donors (Lipinski definition) is 1. The van der Waals surface area contributed by atoms with Gasteiger partial charge < -0.3 is 10.1 Å². The van der Waals surface area contributed by atoms with E-state index in [1.54, 1.807) is 19.2 Å². The van der Waals surface area contributed by atoms with Crippen LogP contribution in [-0.2, 0) is 6.54 Å². The van der Waals surface area contributed by atoms with E-state index in [1.165, 1.54) is 25.3 Å². The summed E-state index contributed by atoms with van der Waals surface area (Å²) in [5.74, 6) is 0.370. The Morgan fingerprint density at radius 3 is 2.78 bits per heavy atom. The minimum absolute atomic E-state index is 0.197. The summed E-state index contributed by atoms with van der Waals surface area (Å²) in [5.41, 5.74) is 1.03. The molecule has 2 nitrogen and oxygen atoms in total. The van der Waals surface area contributed by atoms with Crippen molar-refractivity contribution in [2.45, 2.75) is 45.7 Å². The van der Waals surface area contributed by atoms with E-state index >= 15 is 0 Å². The van der Waals surface area contributed by atoms with Crippen LogP contribution in [0.2, 0.25) is 0 Å². The van der Waals surface area contributed by atoms with Gasteiger partial charge in [-0.1, -0.05) is 26.3 Å². The van der Waals surface area contributed by atoms with Gasteiger partial charge in [0.1, 0.15) is 11.6 Å². The largest absolute Gasteiger partial charge is 0.497 e. The van der Waals surface area contributed by atoms with Crippen LogP contribution in [0.15, 0.2) is 18.2 Å². The fraction of sp³-hybridized carbons (Fsp3) is 0.600. The van der Waals surface area contributed by atoms with Crippen molar-refractivity contribution in [3.05, 3.63) is 29.6 Å². The van der Waals surface area contributed by atoms with Gasteiger partial charge in [-0.15, -0.1) is 0 Å². The Balaban J connectivity index is 1.98. The second kappa shape index (κ2) is 5.27. The van der Waals surface area contributed by atoms with Crippen molar-refractivity contribution in [1.29, 1.82) is 0 Å². The lowest BCUT2D eigenvalue weighted by Gasteiger charge is -2.28. The van der Waals surface area contributed by atoms with Crippen LogP contribution in [0.3, 0.4) is 0 Å². The third-order valence-corrected chi connectivity index (χ3v) is 4.06. The summed E-state index contributed by atoms with van der Waals surface area (Å²) in [6.45, 7) is 5.15. The molecule has 1 fully saturated rings. The SMILES string of the molecule is COc1ccc(CNC2CCCC2(C)C)c(F)c1. The summed E-state index contributed by atoms with van der Waals surface area (Å²) in [4.78, 5) is 0. The molecule has 1 atom stereocenters. The highest BCUT2D eigenvalue weighted by Crippen LogP contribution is 2.37. The molecule has 1 aromatic rings. The molecule has 2 rings (SSSR count). The first-order valence-corrected chi connectivity index (χ1v) is 6.59.